The summed E-state index contributed by atoms with van der Waals surface area (Å²) in [6, 6.07) is 13.3. The Labute approximate surface area is 122 Å². The van der Waals surface area contributed by atoms with Crippen molar-refractivity contribution in [3.8, 4) is 5.75 Å². The number of aromatic hydroxyl groups is 1. The molecule has 2 N–H and O–H groups in total. The highest BCUT2D eigenvalue weighted by molar-refractivity contribution is 6.07. The molecule has 0 aliphatic rings. The first kappa shape index (κ1) is 14.5. The summed E-state index contributed by atoms with van der Waals surface area (Å²) in [6.07, 6.45) is 3.16. The first-order valence-corrected chi connectivity index (χ1v) is 6.44. The number of hydrogen-bond acceptors (Lipinski definition) is 3. The molecule has 1 amide bonds. The summed E-state index contributed by atoms with van der Waals surface area (Å²) < 4.78 is 0. The Morgan fingerprint density at radius 2 is 1.62 bits per heavy atom. The Kier molecular flexibility index (Phi) is 4.51. The molecule has 21 heavy (non-hydrogen) atoms. The first-order valence-electron chi connectivity index (χ1n) is 6.44. The summed E-state index contributed by atoms with van der Waals surface area (Å²) in [5.74, 6) is -0.0919. The van der Waals surface area contributed by atoms with Gasteiger partial charge in [-0.3, -0.25) is 9.59 Å². The van der Waals surface area contributed by atoms with Crippen LogP contribution in [0.4, 0.5) is 5.69 Å². The van der Waals surface area contributed by atoms with Crippen molar-refractivity contribution in [1.82, 2.24) is 0 Å². The molecule has 0 atom stereocenters. The van der Waals surface area contributed by atoms with Crippen LogP contribution in [0, 0.1) is 0 Å². The molecule has 2 rings (SSSR count). The molecule has 2 aromatic carbocycles. The molecular formula is C17H15NO3. The number of carbonyl (C=O) groups excluding carboxylic acids is 2. The van der Waals surface area contributed by atoms with E-state index in [0.29, 0.717) is 11.3 Å². The third kappa shape index (κ3) is 4.31. The van der Waals surface area contributed by atoms with Crippen LogP contribution < -0.4 is 5.32 Å². The first-order chi connectivity index (χ1) is 10.0. The Morgan fingerprint density at radius 3 is 2.19 bits per heavy atom. The van der Waals surface area contributed by atoms with Gasteiger partial charge in [0.1, 0.15) is 5.75 Å². The highest BCUT2D eigenvalue weighted by Gasteiger charge is 2.02. The molecule has 0 saturated carbocycles. The summed E-state index contributed by atoms with van der Waals surface area (Å²) in [5, 5.41) is 11.8. The summed E-state index contributed by atoms with van der Waals surface area (Å²) >= 11 is 0. The zero-order chi connectivity index (χ0) is 15.2. The maximum absolute atomic E-state index is 12.0. The van der Waals surface area contributed by atoms with Gasteiger partial charge in [0.25, 0.3) is 0 Å². The third-order valence-electron chi connectivity index (χ3n) is 2.81. The maximum Gasteiger partial charge on any atom is 0.221 e. The van der Waals surface area contributed by atoms with Gasteiger partial charge in [0.05, 0.1) is 0 Å². The number of carbonyl (C=O) groups is 2. The van der Waals surface area contributed by atoms with E-state index in [4.69, 9.17) is 0 Å². The lowest BCUT2D eigenvalue weighted by Crippen LogP contribution is -2.05. The molecule has 106 valence electrons. The lowest BCUT2D eigenvalue weighted by Gasteiger charge is -2.02. The van der Waals surface area contributed by atoms with Crippen LogP contribution in [-0.2, 0) is 4.79 Å². The number of allylic oxidation sites excluding steroid dienone is 1. The fourth-order valence-electron chi connectivity index (χ4n) is 1.77. The maximum atomic E-state index is 12.0. The van der Waals surface area contributed by atoms with Gasteiger partial charge in [-0.2, -0.15) is 0 Å². The van der Waals surface area contributed by atoms with Crippen molar-refractivity contribution in [1.29, 1.82) is 0 Å². The van der Waals surface area contributed by atoms with Crippen molar-refractivity contribution in [2.24, 2.45) is 0 Å². The van der Waals surface area contributed by atoms with Gasteiger partial charge >= 0.3 is 0 Å². The van der Waals surface area contributed by atoms with Gasteiger partial charge < -0.3 is 10.4 Å². The summed E-state index contributed by atoms with van der Waals surface area (Å²) in [7, 11) is 0. The Morgan fingerprint density at radius 1 is 1.00 bits per heavy atom. The molecule has 0 heterocycles. The molecule has 0 aliphatic carbocycles. The lowest BCUT2D eigenvalue weighted by molar-refractivity contribution is -0.114. The van der Waals surface area contributed by atoms with Gasteiger partial charge in [0.15, 0.2) is 5.78 Å². The SMILES string of the molecule is CC(=O)Nc1ccc(C(=O)C=Cc2ccc(O)cc2)cc1. The zero-order valence-electron chi connectivity index (χ0n) is 11.5. The topological polar surface area (TPSA) is 66.4 Å². The molecule has 4 heteroatoms. The van der Waals surface area contributed by atoms with Gasteiger partial charge in [-0.15, -0.1) is 0 Å². The molecule has 0 saturated heterocycles. The van der Waals surface area contributed by atoms with E-state index >= 15 is 0 Å². The number of amides is 1. The molecular weight excluding hydrogens is 266 g/mol. The van der Waals surface area contributed by atoms with E-state index < -0.39 is 0 Å². The van der Waals surface area contributed by atoms with Crippen LogP contribution >= 0.6 is 0 Å². The fraction of sp³-hybridized carbons (Fsp3) is 0.0588. The van der Waals surface area contributed by atoms with Crippen molar-refractivity contribution in [2.75, 3.05) is 5.32 Å². The fourth-order valence-corrected chi connectivity index (χ4v) is 1.77. The normalized spacial score (nSPS) is 10.5. The van der Waals surface area contributed by atoms with Crippen molar-refractivity contribution in [3.05, 3.63) is 65.7 Å². The van der Waals surface area contributed by atoms with Crippen LogP contribution in [0.3, 0.4) is 0 Å². The molecule has 4 nitrogen and oxygen atoms in total. The largest absolute Gasteiger partial charge is 0.508 e. The van der Waals surface area contributed by atoms with E-state index in [1.807, 2.05) is 0 Å². The number of benzene rings is 2. The molecule has 0 spiro atoms. The molecule has 0 aliphatic heterocycles. The second-order valence-corrected chi connectivity index (χ2v) is 4.55. The molecule has 0 unspecified atom stereocenters. The van der Waals surface area contributed by atoms with E-state index in [2.05, 4.69) is 5.32 Å². The Balaban J connectivity index is 2.06. The number of phenolic OH excluding ortho intramolecular Hbond substituents is 1. The van der Waals surface area contributed by atoms with Gasteiger partial charge in [0, 0.05) is 18.2 Å². The van der Waals surface area contributed by atoms with Crippen LogP contribution in [0.15, 0.2) is 54.6 Å². The molecule has 0 radical (unpaired) electrons. The number of nitrogens with one attached hydrogen (secondary N) is 1. The second-order valence-electron chi connectivity index (χ2n) is 4.55. The summed E-state index contributed by atoms with van der Waals surface area (Å²) in [5.41, 5.74) is 2.02. The summed E-state index contributed by atoms with van der Waals surface area (Å²) in [6.45, 7) is 1.43. The minimum Gasteiger partial charge on any atom is -0.508 e. The smallest absolute Gasteiger partial charge is 0.221 e. The van der Waals surface area contributed by atoms with E-state index in [1.165, 1.54) is 13.0 Å². The van der Waals surface area contributed by atoms with Crippen LogP contribution in [-0.4, -0.2) is 16.8 Å². The molecule has 0 bridgehead atoms. The minimum absolute atomic E-state index is 0.127. The molecule has 0 fully saturated rings. The number of anilines is 1. The van der Waals surface area contributed by atoms with Crippen LogP contribution in [0.25, 0.3) is 6.08 Å². The highest BCUT2D eigenvalue weighted by atomic mass is 16.3. The van der Waals surface area contributed by atoms with E-state index in [0.717, 1.165) is 5.56 Å². The van der Waals surface area contributed by atoms with Crippen molar-refractivity contribution < 1.29 is 14.7 Å². The van der Waals surface area contributed by atoms with Crippen LogP contribution in [0.5, 0.6) is 5.75 Å². The molecule has 0 aromatic heterocycles. The third-order valence-corrected chi connectivity index (χ3v) is 2.81. The standard InChI is InChI=1S/C17H15NO3/c1-12(19)18-15-7-5-14(6-8-15)17(21)11-4-13-2-9-16(20)10-3-13/h2-11,20H,1H3,(H,18,19). The average Bonchev–Trinajstić information content (AvgIpc) is 2.46. The van der Waals surface area contributed by atoms with Crippen molar-refractivity contribution >= 4 is 23.5 Å². The van der Waals surface area contributed by atoms with Crippen molar-refractivity contribution in [2.45, 2.75) is 6.92 Å². The number of rotatable bonds is 4. The van der Waals surface area contributed by atoms with Gasteiger partial charge in [0.2, 0.25) is 5.91 Å². The number of phenols is 1. The predicted octanol–water partition coefficient (Wildman–Crippen LogP) is 3.25. The van der Waals surface area contributed by atoms with Crippen molar-refractivity contribution in [3.63, 3.8) is 0 Å². The minimum atomic E-state index is -0.152. The van der Waals surface area contributed by atoms with Crippen LogP contribution in [0.2, 0.25) is 0 Å². The highest BCUT2D eigenvalue weighted by Crippen LogP contribution is 2.13. The zero-order valence-corrected chi connectivity index (χ0v) is 11.5. The predicted molar refractivity (Wildman–Crippen MR) is 82.2 cm³/mol. The van der Waals surface area contributed by atoms with E-state index in [-0.39, 0.29) is 17.4 Å². The average molecular weight is 281 g/mol. The quantitative estimate of drug-likeness (QED) is 0.668. The monoisotopic (exact) mass is 281 g/mol. The van der Waals surface area contributed by atoms with Crippen LogP contribution in [0.1, 0.15) is 22.8 Å². The van der Waals surface area contributed by atoms with Gasteiger partial charge in [-0.25, -0.2) is 0 Å². The van der Waals surface area contributed by atoms with Gasteiger partial charge in [-0.1, -0.05) is 18.2 Å². The Hall–Kier alpha value is -2.88. The van der Waals surface area contributed by atoms with E-state index in [1.54, 1.807) is 54.6 Å². The number of ketones is 1. The van der Waals surface area contributed by atoms with E-state index in [9.17, 15) is 14.7 Å². The Bertz CT molecular complexity index is 670. The second kappa shape index (κ2) is 6.52. The van der Waals surface area contributed by atoms with Gasteiger partial charge in [-0.05, 0) is 48.0 Å². The number of hydrogen-bond donors (Lipinski definition) is 2. The molecule has 2 aromatic rings. The lowest BCUT2D eigenvalue weighted by atomic mass is 10.1. The summed E-state index contributed by atoms with van der Waals surface area (Å²) in [4.78, 5) is 22.9.